The smallest absolute Gasteiger partial charge is 0.220 e. The molecule has 0 aromatic heterocycles. The minimum absolute atomic E-state index is 0.138. The van der Waals surface area contributed by atoms with E-state index in [1.807, 2.05) is 0 Å². The largest absolute Gasteiger partial charge is 0.353 e. The maximum atomic E-state index is 11.2. The van der Waals surface area contributed by atoms with Crippen molar-refractivity contribution in [2.24, 2.45) is 11.8 Å². The Bertz CT molecular complexity index is 225. The highest BCUT2D eigenvalue weighted by Crippen LogP contribution is 2.27. The zero-order valence-corrected chi connectivity index (χ0v) is 8.66. The number of ether oxygens (including phenoxy) is 2. The minimum Gasteiger partial charge on any atom is -0.353 e. The van der Waals surface area contributed by atoms with Crippen molar-refractivity contribution in [2.45, 2.75) is 32.6 Å². The second-order valence-electron chi connectivity index (χ2n) is 4.24. The van der Waals surface area contributed by atoms with Gasteiger partial charge in [0.2, 0.25) is 5.91 Å². The van der Waals surface area contributed by atoms with Crippen LogP contribution in [0.1, 0.15) is 20.3 Å². The normalized spacial score (nSPS) is 36.0. The second kappa shape index (κ2) is 3.87. The molecule has 4 nitrogen and oxygen atoms in total. The summed E-state index contributed by atoms with van der Waals surface area (Å²) in [6.45, 7) is 5.50. The highest BCUT2D eigenvalue weighted by atomic mass is 16.7. The molecular formula is C10H17NO3. The van der Waals surface area contributed by atoms with E-state index in [2.05, 4.69) is 19.2 Å². The van der Waals surface area contributed by atoms with E-state index >= 15 is 0 Å². The molecule has 80 valence electrons. The third-order valence-corrected chi connectivity index (χ3v) is 3.09. The number of carbonyl (C=O) groups is 1. The van der Waals surface area contributed by atoms with Crippen molar-refractivity contribution in [1.82, 2.24) is 5.32 Å². The Hall–Kier alpha value is -0.610. The lowest BCUT2D eigenvalue weighted by atomic mass is 9.91. The van der Waals surface area contributed by atoms with E-state index in [9.17, 15) is 4.79 Å². The Morgan fingerprint density at radius 1 is 1.43 bits per heavy atom. The van der Waals surface area contributed by atoms with Crippen molar-refractivity contribution in [3.05, 3.63) is 0 Å². The van der Waals surface area contributed by atoms with Gasteiger partial charge in [0.25, 0.3) is 0 Å². The Kier molecular flexibility index (Phi) is 2.74. The maximum Gasteiger partial charge on any atom is 0.220 e. The zero-order chi connectivity index (χ0) is 10.1. The first-order valence-corrected chi connectivity index (χ1v) is 5.21. The molecule has 2 aliphatic heterocycles. The van der Waals surface area contributed by atoms with Gasteiger partial charge < -0.3 is 14.8 Å². The fourth-order valence-electron chi connectivity index (χ4n) is 2.31. The standard InChI is InChI=1S/C10H17NO3/c1-6-5-8(12)11-9(6)7(2)10-13-3-4-14-10/h6-7,9-10H,3-5H2,1-2H3,(H,11,12)/t6-,7?,9-/m1/s1. The van der Waals surface area contributed by atoms with Crippen LogP contribution in [0, 0.1) is 11.8 Å². The molecule has 1 amide bonds. The maximum absolute atomic E-state index is 11.2. The summed E-state index contributed by atoms with van der Waals surface area (Å²) in [5.74, 6) is 0.761. The molecule has 0 radical (unpaired) electrons. The molecule has 0 saturated carbocycles. The van der Waals surface area contributed by atoms with Gasteiger partial charge in [0.1, 0.15) is 0 Å². The summed E-state index contributed by atoms with van der Waals surface area (Å²) in [5.41, 5.74) is 0. The minimum atomic E-state index is -0.138. The van der Waals surface area contributed by atoms with Gasteiger partial charge in [-0.25, -0.2) is 0 Å². The molecule has 2 saturated heterocycles. The van der Waals surface area contributed by atoms with E-state index in [4.69, 9.17) is 9.47 Å². The van der Waals surface area contributed by atoms with Crippen LogP contribution in [0.15, 0.2) is 0 Å². The summed E-state index contributed by atoms with van der Waals surface area (Å²) < 4.78 is 10.9. The van der Waals surface area contributed by atoms with Crippen LogP contribution in [-0.2, 0) is 14.3 Å². The summed E-state index contributed by atoms with van der Waals surface area (Å²) >= 11 is 0. The number of amides is 1. The molecule has 1 N–H and O–H groups in total. The van der Waals surface area contributed by atoms with Gasteiger partial charge in [-0.05, 0) is 5.92 Å². The third-order valence-electron chi connectivity index (χ3n) is 3.09. The molecule has 4 heteroatoms. The summed E-state index contributed by atoms with van der Waals surface area (Å²) in [5, 5.41) is 2.98. The number of carbonyl (C=O) groups excluding carboxylic acids is 1. The fraction of sp³-hybridized carbons (Fsp3) is 0.900. The first kappa shape index (κ1) is 9.93. The van der Waals surface area contributed by atoms with Gasteiger partial charge in [0.15, 0.2) is 6.29 Å². The molecule has 0 aliphatic carbocycles. The molecule has 0 aromatic rings. The molecule has 2 fully saturated rings. The molecule has 0 spiro atoms. The summed E-state index contributed by atoms with van der Waals surface area (Å²) in [6, 6.07) is 0.200. The SMILES string of the molecule is CC(C1OCCO1)[C@@H]1NC(=O)C[C@H]1C. The van der Waals surface area contributed by atoms with Gasteiger partial charge >= 0.3 is 0 Å². The monoisotopic (exact) mass is 199 g/mol. The second-order valence-corrected chi connectivity index (χ2v) is 4.24. The zero-order valence-electron chi connectivity index (χ0n) is 8.66. The van der Waals surface area contributed by atoms with Crippen molar-refractivity contribution >= 4 is 5.91 Å². The topological polar surface area (TPSA) is 47.6 Å². The van der Waals surface area contributed by atoms with Crippen LogP contribution >= 0.6 is 0 Å². The van der Waals surface area contributed by atoms with Crippen LogP contribution in [-0.4, -0.2) is 31.5 Å². The van der Waals surface area contributed by atoms with Gasteiger partial charge in [0.05, 0.1) is 13.2 Å². The number of nitrogens with one attached hydrogen (secondary N) is 1. The van der Waals surface area contributed by atoms with Crippen LogP contribution in [0.25, 0.3) is 0 Å². The van der Waals surface area contributed by atoms with E-state index in [0.717, 1.165) is 0 Å². The highest BCUT2D eigenvalue weighted by Gasteiger charge is 2.38. The van der Waals surface area contributed by atoms with E-state index in [1.54, 1.807) is 0 Å². The molecule has 14 heavy (non-hydrogen) atoms. The van der Waals surface area contributed by atoms with Crippen molar-refractivity contribution in [1.29, 1.82) is 0 Å². The molecule has 1 unspecified atom stereocenters. The lowest BCUT2D eigenvalue weighted by molar-refractivity contribution is -0.120. The van der Waals surface area contributed by atoms with Crippen LogP contribution in [0.2, 0.25) is 0 Å². The quantitative estimate of drug-likeness (QED) is 0.705. The van der Waals surface area contributed by atoms with Gasteiger partial charge in [-0.15, -0.1) is 0 Å². The Labute approximate surface area is 84.0 Å². The fourth-order valence-corrected chi connectivity index (χ4v) is 2.31. The summed E-state index contributed by atoms with van der Waals surface area (Å²) in [4.78, 5) is 11.2. The predicted octanol–water partition coefficient (Wildman–Crippen LogP) is 0.520. The van der Waals surface area contributed by atoms with E-state index < -0.39 is 0 Å². The van der Waals surface area contributed by atoms with E-state index in [-0.39, 0.29) is 24.2 Å². The molecule has 0 aromatic carbocycles. The predicted molar refractivity (Wildman–Crippen MR) is 50.6 cm³/mol. The molecule has 2 heterocycles. The van der Waals surface area contributed by atoms with Crippen LogP contribution in [0.5, 0.6) is 0 Å². The average molecular weight is 199 g/mol. The van der Waals surface area contributed by atoms with Crippen molar-refractivity contribution < 1.29 is 14.3 Å². The highest BCUT2D eigenvalue weighted by molar-refractivity contribution is 5.79. The van der Waals surface area contributed by atoms with Crippen LogP contribution in [0.3, 0.4) is 0 Å². The van der Waals surface area contributed by atoms with Gasteiger partial charge in [-0.2, -0.15) is 0 Å². The Morgan fingerprint density at radius 3 is 2.57 bits per heavy atom. The van der Waals surface area contributed by atoms with Crippen molar-refractivity contribution in [2.75, 3.05) is 13.2 Å². The lowest BCUT2D eigenvalue weighted by Gasteiger charge is -2.26. The lowest BCUT2D eigenvalue weighted by Crippen LogP contribution is -2.40. The van der Waals surface area contributed by atoms with Crippen molar-refractivity contribution in [3.8, 4) is 0 Å². The van der Waals surface area contributed by atoms with E-state index in [0.29, 0.717) is 25.6 Å². The first-order valence-electron chi connectivity index (χ1n) is 5.21. The third kappa shape index (κ3) is 1.77. The van der Waals surface area contributed by atoms with Crippen molar-refractivity contribution in [3.63, 3.8) is 0 Å². The van der Waals surface area contributed by atoms with Gasteiger partial charge in [0, 0.05) is 18.4 Å². The number of hydrogen-bond acceptors (Lipinski definition) is 3. The average Bonchev–Trinajstić information content (AvgIpc) is 2.73. The summed E-state index contributed by atoms with van der Waals surface area (Å²) in [7, 11) is 0. The van der Waals surface area contributed by atoms with Gasteiger partial charge in [-0.3, -0.25) is 4.79 Å². The van der Waals surface area contributed by atoms with E-state index in [1.165, 1.54) is 0 Å². The number of rotatable bonds is 2. The molecule has 3 atom stereocenters. The van der Waals surface area contributed by atoms with Crippen LogP contribution in [0.4, 0.5) is 0 Å². The van der Waals surface area contributed by atoms with Crippen LogP contribution < -0.4 is 5.32 Å². The summed E-state index contributed by atoms with van der Waals surface area (Å²) in [6.07, 6.45) is 0.489. The molecule has 2 aliphatic rings. The Balaban J connectivity index is 1.96. The Morgan fingerprint density at radius 2 is 2.07 bits per heavy atom. The van der Waals surface area contributed by atoms with Gasteiger partial charge in [-0.1, -0.05) is 13.8 Å². The molecule has 0 bridgehead atoms. The molecule has 2 rings (SSSR count). The first-order chi connectivity index (χ1) is 6.68. The molecular weight excluding hydrogens is 182 g/mol. The number of hydrogen-bond donors (Lipinski definition) is 1.